The molecule has 0 amide bonds. The molecule has 0 aromatic carbocycles. The van der Waals surface area contributed by atoms with E-state index < -0.39 is 0 Å². The average Bonchev–Trinajstić information content (AvgIpc) is 2.84. The Morgan fingerprint density at radius 1 is 1.19 bits per heavy atom. The van der Waals surface area contributed by atoms with Crippen molar-refractivity contribution in [3.05, 3.63) is 33.9 Å². The first-order valence-electron chi connectivity index (χ1n) is 6.81. The van der Waals surface area contributed by atoms with Crippen molar-refractivity contribution >= 4 is 49.2 Å². The number of aromatic nitrogens is 4. The van der Waals surface area contributed by atoms with Gasteiger partial charge in [0, 0.05) is 16.6 Å². The second-order valence-electron chi connectivity index (χ2n) is 5.09. The first kappa shape index (κ1) is 13.1. The van der Waals surface area contributed by atoms with Gasteiger partial charge in [0.15, 0.2) is 0 Å². The van der Waals surface area contributed by atoms with E-state index in [1.165, 1.54) is 19.3 Å². The Balaban J connectivity index is 1.59. The van der Waals surface area contributed by atoms with Gasteiger partial charge in [0.05, 0.1) is 11.0 Å². The molecule has 0 unspecified atom stereocenters. The summed E-state index contributed by atoms with van der Waals surface area (Å²) in [6.45, 7) is 0. The lowest BCUT2D eigenvalue weighted by Crippen LogP contribution is -2.07. The van der Waals surface area contributed by atoms with Gasteiger partial charge >= 0.3 is 0 Å². The van der Waals surface area contributed by atoms with Crippen LogP contribution in [0.2, 0.25) is 0 Å². The first-order chi connectivity index (χ1) is 10.3. The third-order valence-corrected chi connectivity index (χ3v) is 5.07. The molecular weight excluding hydrogens is 350 g/mol. The van der Waals surface area contributed by atoms with Gasteiger partial charge in [0.2, 0.25) is 5.13 Å². The van der Waals surface area contributed by atoms with E-state index in [1.54, 1.807) is 17.5 Å². The van der Waals surface area contributed by atoms with Gasteiger partial charge < -0.3 is 5.32 Å². The van der Waals surface area contributed by atoms with E-state index >= 15 is 0 Å². The maximum Gasteiger partial charge on any atom is 0.211 e. The van der Waals surface area contributed by atoms with E-state index in [0.29, 0.717) is 5.92 Å². The molecule has 106 valence electrons. The van der Waals surface area contributed by atoms with Crippen LogP contribution in [-0.2, 0) is 0 Å². The van der Waals surface area contributed by atoms with Crippen LogP contribution in [0.3, 0.4) is 0 Å². The Morgan fingerprint density at radius 2 is 2.10 bits per heavy atom. The number of rotatable bonds is 3. The van der Waals surface area contributed by atoms with Gasteiger partial charge in [-0.25, -0.2) is 4.98 Å². The molecule has 3 heterocycles. The SMILES string of the molecule is Brc1cnc2ccc(Nc3nnc(C4CCC4)s3)nc2c1. The Labute approximate surface area is 134 Å². The van der Waals surface area contributed by atoms with Crippen LogP contribution < -0.4 is 5.32 Å². The Hall–Kier alpha value is -1.60. The summed E-state index contributed by atoms with van der Waals surface area (Å²) in [5.74, 6) is 1.38. The highest BCUT2D eigenvalue weighted by molar-refractivity contribution is 9.10. The number of nitrogens with zero attached hydrogens (tertiary/aromatic N) is 4. The smallest absolute Gasteiger partial charge is 0.211 e. The molecule has 3 aromatic heterocycles. The number of halogens is 1. The average molecular weight is 362 g/mol. The van der Waals surface area contributed by atoms with Crippen LogP contribution in [0.1, 0.15) is 30.2 Å². The fraction of sp³-hybridized carbons (Fsp3) is 0.286. The van der Waals surface area contributed by atoms with Crippen LogP contribution in [0.15, 0.2) is 28.9 Å². The number of fused-ring (bicyclic) bond motifs is 1. The summed E-state index contributed by atoms with van der Waals surface area (Å²) in [6, 6.07) is 5.81. The molecule has 5 nitrogen and oxygen atoms in total. The van der Waals surface area contributed by atoms with Crippen molar-refractivity contribution in [3.63, 3.8) is 0 Å². The van der Waals surface area contributed by atoms with Crippen LogP contribution in [0.5, 0.6) is 0 Å². The minimum Gasteiger partial charge on any atom is -0.315 e. The van der Waals surface area contributed by atoms with Crippen molar-refractivity contribution in [1.29, 1.82) is 0 Å². The van der Waals surface area contributed by atoms with Gasteiger partial charge in [-0.05, 0) is 47.0 Å². The Morgan fingerprint density at radius 3 is 2.90 bits per heavy atom. The van der Waals surface area contributed by atoms with Crippen molar-refractivity contribution in [2.24, 2.45) is 0 Å². The summed E-state index contributed by atoms with van der Waals surface area (Å²) >= 11 is 5.04. The number of hydrogen-bond donors (Lipinski definition) is 1. The highest BCUT2D eigenvalue weighted by Gasteiger charge is 2.23. The highest BCUT2D eigenvalue weighted by atomic mass is 79.9. The Kier molecular flexibility index (Phi) is 3.31. The summed E-state index contributed by atoms with van der Waals surface area (Å²) in [6.07, 6.45) is 5.55. The minimum absolute atomic E-state index is 0.614. The molecule has 21 heavy (non-hydrogen) atoms. The van der Waals surface area contributed by atoms with Crippen molar-refractivity contribution in [3.8, 4) is 0 Å². The van der Waals surface area contributed by atoms with Gasteiger partial charge in [-0.2, -0.15) is 0 Å². The van der Waals surface area contributed by atoms with Gasteiger partial charge in [0.1, 0.15) is 10.8 Å². The predicted octanol–water partition coefficient (Wildman–Crippen LogP) is 4.25. The normalized spacial score (nSPS) is 15.1. The molecule has 1 N–H and O–H groups in total. The molecule has 0 bridgehead atoms. The van der Waals surface area contributed by atoms with Gasteiger partial charge in [0.25, 0.3) is 0 Å². The van der Waals surface area contributed by atoms with Crippen molar-refractivity contribution in [1.82, 2.24) is 20.2 Å². The molecule has 1 aliphatic rings. The number of pyridine rings is 2. The summed E-state index contributed by atoms with van der Waals surface area (Å²) in [7, 11) is 0. The lowest BCUT2D eigenvalue weighted by atomic mass is 9.86. The lowest BCUT2D eigenvalue weighted by molar-refractivity contribution is 0.416. The molecule has 7 heteroatoms. The minimum atomic E-state index is 0.614. The number of hydrogen-bond acceptors (Lipinski definition) is 6. The van der Waals surface area contributed by atoms with Gasteiger partial charge in [-0.3, -0.25) is 4.98 Å². The van der Waals surface area contributed by atoms with Crippen LogP contribution >= 0.6 is 27.3 Å². The largest absolute Gasteiger partial charge is 0.315 e. The van der Waals surface area contributed by atoms with Crippen molar-refractivity contribution < 1.29 is 0 Å². The summed E-state index contributed by atoms with van der Waals surface area (Å²) < 4.78 is 0.919. The summed E-state index contributed by atoms with van der Waals surface area (Å²) in [4.78, 5) is 8.87. The molecular formula is C14H12BrN5S. The van der Waals surface area contributed by atoms with E-state index in [-0.39, 0.29) is 0 Å². The summed E-state index contributed by atoms with van der Waals surface area (Å²) in [5.41, 5.74) is 1.72. The van der Waals surface area contributed by atoms with Gasteiger partial charge in [-0.15, -0.1) is 10.2 Å². The number of nitrogens with one attached hydrogen (secondary N) is 1. The highest BCUT2D eigenvalue weighted by Crippen LogP contribution is 2.38. The molecule has 0 radical (unpaired) electrons. The monoisotopic (exact) mass is 361 g/mol. The van der Waals surface area contributed by atoms with Crippen molar-refractivity contribution in [2.45, 2.75) is 25.2 Å². The fourth-order valence-corrected chi connectivity index (χ4v) is 3.51. The molecule has 0 spiro atoms. The van der Waals surface area contributed by atoms with Crippen LogP contribution in [0.4, 0.5) is 10.9 Å². The zero-order valence-electron chi connectivity index (χ0n) is 11.1. The molecule has 3 aromatic rings. The van der Waals surface area contributed by atoms with E-state index in [4.69, 9.17) is 0 Å². The standard InChI is InChI=1S/C14H12BrN5S/c15-9-6-11-10(16-7-9)4-5-12(17-11)18-14-20-19-13(21-14)8-2-1-3-8/h4-8H,1-3H2,(H,17,18,20). The van der Waals surface area contributed by atoms with E-state index in [2.05, 4.69) is 41.4 Å². The Bertz CT molecular complexity index is 799. The third-order valence-electron chi connectivity index (χ3n) is 3.63. The molecule has 1 fully saturated rings. The van der Waals surface area contributed by atoms with E-state index in [1.807, 2.05) is 18.2 Å². The molecule has 1 saturated carbocycles. The van der Waals surface area contributed by atoms with Crippen molar-refractivity contribution in [2.75, 3.05) is 5.32 Å². The van der Waals surface area contributed by atoms with E-state index in [0.717, 1.165) is 31.5 Å². The van der Waals surface area contributed by atoms with Crippen LogP contribution in [0.25, 0.3) is 11.0 Å². The zero-order valence-corrected chi connectivity index (χ0v) is 13.5. The molecule has 1 aliphatic carbocycles. The second-order valence-corrected chi connectivity index (χ2v) is 7.01. The lowest BCUT2D eigenvalue weighted by Gasteiger charge is -2.21. The van der Waals surface area contributed by atoms with Crippen LogP contribution in [-0.4, -0.2) is 20.2 Å². The maximum absolute atomic E-state index is 4.55. The topological polar surface area (TPSA) is 63.6 Å². The summed E-state index contributed by atoms with van der Waals surface area (Å²) in [5, 5.41) is 13.6. The number of anilines is 2. The van der Waals surface area contributed by atoms with Gasteiger partial charge in [-0.1, -0.05) is 17.8 Å². The molecule has 0 atom stereocenters. The fourth-order valence-electron chi connectivity index (χ4n) is 2.27. The van der Waals surface area contributed by atoms with Crippen LogP contribution in [0, 0.1) is 0 Å². The molecule has 4 rings (SSSR count). The second kappa shape index (κ2) is 5.31. The molecule has 0 saturated heterocycles. The first-order valence-corrected chi connectivity index (χ1v) is 8.41. The van der Waals surface area contributed by atoms with E-state index in [9.17, 15) is 0 Å². The third kappa shape index (κ3) is 2.63. The maximum atomic E-state index is 4.55. The molecule has 0 aliphatic heterocycles. The quantitative estimate of drug-likeness (QED) is 0.755. The predicted molar refractivity (Wildman–Crippen MR) is 87.0 cm³/mol. The zero-order chi connectivity index (χ0) is 14.2.